The van der Waals surface area contributed by atoms with E-state index in [2.05, 4.69) is 5.32 Å². The average Bonchev–Trinajstić information content (AvgIpc) is 3.15. The van der Waals surface area contributed by atoms with E-state index in [-0.39, 0.29) is 22.5 Å². The van der Waals surface area contributed by atoms with Crippen molar-refractivity contribution in [3.8, 4) is 0 Å². The molecule has 0 aliphatic carbocycles. The van der Waals surface area contributed by atoms with Crippen LogP contribution in [0.4, 0.5) is 13.2 Å². The van der Waals surface area contributed by atoms with E-state index in [0.717, 1.165) is 18.2 Å². The van der Waals surface area contributed by atoms with E-state index in [9.17, 15) is 22.8 Å². The van der Waals surface area contributed by atoms with Gasteiger partial charge >= 0.3 is 6.18 Å². The predicted molar refractivity (Wildman–Crippen MR) is 97.2 cm³/mol. The molecule has 1 aliphatic heterocycles. The standard InChI is InChI=1S/C18H16ClF3N2O2S/c19-14-4-3-11(18(20,21)22)10-13(14)16(25)23-12-5-7-24(8-6-12)17(26)15-2-1-9-27-15/h1-4,9-10,12H,5-8H2,(H,23,25). The molecule has 3 rings (SSSR count). The molecule has 0 radical (unpaired) electrons. The van der Waals surface area contributed by atoms with Crippen LogP contribution in [0.15, 0.2) is 35.7 Å². The van der Waals surface area contributed by atoms with Crippen LogP contribution in [0, 0.1) is 0 Å². The summed E-state index contributed by atoms with van der Waals surface area (Å²) in [6.07, 6.45) is -3.49. The van der Waals surface area contributed by atoms with Crippen LogP contribution in [0.2, 0.25) is 5.02 Å². The van der Waals surface area contributed by atoms with Crippen molar-refractivity contribution in [3.63, 3.8) is 0 Å². The molecule has 0 bridgehead atoms. The van der Waals surface area contributed by atoms with Crippen molar-refractivity contribution >= 4 is 34.8 Å². The van der Waals surface area contributed by atoms with Crippen molar-refractivity contribution in [2.75, 3.05) is 13.1 Å². The number of hydrogen-bond donors (Lipinski definition) is 1. The largest absolute Gasteiger partial charge is 0.416 e. The molecule has 1 aliphatic rings. The lowest BCUT2D eigenvalue weighted by atomic mass is 10.0. The second-order valence-electron chi connectivity index (χ2n) is 6.21. The number of benzene rings is 1. The van der Waals surface area contributed by atoms with Crippen molar-refractivity contribution in [2.24, 2.45) is 0 Å². The lowest BCUT2D eigenvalue weighted by Crippen LogP contribution is -2.46. The van der Waals surface area contributed by atoms with Gasteiger partial charge in [0.25, 0.3) is 11.8 Å². The summed E-state index contributed by atoms with van der Waals surface area (Å²) in [5.74, 6) is -0.690. The lowest BCUT2D eigenvalue weighted by molar-refractivity contribution is -0.137. The van der Waals surface area contributed by atoms with Crippen molar-refractivity contribution in [3.05, 3.63) is 56.7 Å². The monoisotopic (exact) mass is 416 g/mol. The fourth-order valence-electron chi connectivity index (χ4n) is 2.92. The van der Waals surface area contributed by atoms with Crippen LogP contribution < -0.4 is 5.32 Å². The van der Waals surface area contributed by atoms with Gasteiger partial charge in [-0.25, -0.2) is 0 Å². The number of piperidine rings is 1. The van der Waals surface area contributed by atoms with Crippen molar-refractivity contribution in [1.29, 1.82) is 0 Å². The van der Waals surface area contributed by atoms with Crippen LogP contribution in [0.5, 0.6) is 0 Å². The quantitative estimate of drug-likeness (QED) is 0.803. The molecule has 144 valence electrons. The number of hydrogen-bond acceptors (Lipinski definition) is 3. The Kier molecular flexibility index (Phi) is 5.76. The molecule has 1 aromatic carbocycles. The van der Waals surface area contributed by atoms with E-state index in [0.29, 0.717) is 30.8 Å². The van der Waals surface area contributed by atoms with Gasteiger partial charge < -0.3 is 10.2 Å². The average molecular weight is 417 g/mol. The summed E-state index contributed by atoms with van der Waals surface area (Å²) in [5, 5.41) is 4.52. The van der Waals surface area contributed by atoms with Crippen LogP contribution in [-0.4, -0.2) is 35.8 Å². The van der Waals surface area contributed by atoms with Crippen LogP contribution in [-0.2, 0) is 6.18 Å². The maximum absolute atomic E-state index is 12.8. The van der Waals surface area contributed by atoms with E-state index >= 15 is 0 Å². The van der Waals surface area contributed by atoms with Gasteiger partial charge in [-0.2, -0.15) is 13.2 Å². The van der Waals surface area contributed by atoms with E-state index in [4.69, 9.17) is 11.6 Å². The zero-order chi connectivity index (χ0) is 19.6. The third kappa shape index (κ3) is 4.62. The summed E-state index contributed by atoms with van der Waals surface area (Å²) in [7, 11) is 0. The maximum atomic E-state index is 12.8. The van der Waals surface area contributed by atoms with E-state index in [1.807, 2.05) is 11.4 Å². The first kappa shape index (κ1) is 19.7. The van der Waals surface area contributed by atoms with E-state index in [1.54, 1.807) is 11.0 Å². The minimum absolute atomic E-state index is 0.0363. The summed E-state index contributed by atoms with van der Waals surface area (Å²) in [5.41, 5.74) is -1.13. The van der Waals surface area contributed by atoms with Gasteiger partial charge in [0.15, 0.2) is 0 Å². The Morgan fingerprint density at radius 2 is 1.89 bits per heavy atom. The minimum Gasteiger partial charge on any atom is -0.349 e. The second kappa shape index (κ2) is 7.90. The van der Waals surface area contributed by atoms with Crippen LogP contribution in [0.3, 0.4) is 0 Å². The topological polar surface area (TPSA) is 49.4 Å². The zero-order valence-electron chi connectivity index (χ0n) is 14.1. The Labute approximate surface area is 162 Å². The molecule has 0 unspecified atom stereocenters. The highest BCUT2D eigenvalue weighted by molar-refractivity contribution is 7.12. The molecule has 9 heteroatoms. The Balaban J connectivity index is 1.61. The van der Waals surface area contributed by atoms with Crippen molar-refractivity contribution in [1.82, 2.24) is 10.2 Å². The molecule has 1 aromatic heterocycles. The van der Waals surface area contributed by atoms with Crippen LogP contribution >= 0.6 is 22.9 Å². The Bertz CT molecular complexity index is 832. The fourth-order valence-corrected chi connectivity index (χ4v) is 3.82. The number of alkyl halides is 3. The zero-order valence-corrected chi connectivity index (χ0v) is 15.6. The molecule has 27 heavy (non-hydrogen) atoms. The van der Waals surface area contributed by atoms with Gasteiger partial charge in [0.2, 0.25) is 0 Å². The van der Waals surface area contributed by atoms with Gasteiger partial charge in [-0.15, -0.1) is 11.3 Å². The predicted octanol–water partition coefficient (Wildman–Crippen LogP) is 4.45. The van der Waals surface area contributed by atoms with Crippen LogP contribution in [0.25, 0.3) is 0 Å². The number of halogens is 4. The molecular formula is C18H16ClF3N2O2S. The van der Waals surface area contributed by atoms with Gasteiger partial charge in [0, 0.05) is 19.1 Å². The van der Waals surface area contributed by atoms with Gasteiger partial charge in [-0.1, -0.05) is 17.7 Å². The number of thiophene rings is 1. The highest BCUT2D eigenvalue weighted by Gasteiger charge is 2.32. The molecule has 4 nitrogen and oxygen atoms in total. The van der Waals surface area contributed by atoms with Gasteiger partial charge in [-0.3, -0.25) is 9.59 Å². The molecule has 1 saturated heterocycles. The summed E-state index contributed by atoms with van der Waals surface area (Å²) >= 11 is 7.27. The minimum atomic E-state index is -4.55. The highest BCUT2D eigenvalue weighted by Crippen LogP contribution is 2.32. The molecule has 0 spiro atoms. The molecule has 0 atom stereocenters. The lowest BCUT2D eigenvalue weighted by Gasteiger charge is -2.32. The van der Waals surface area contributed by atoms with Crippen molar-refractivity contribution in [2.45, 2.75) is 25.1 Å². The number of carbonyl (C=O) groups is 2. The number of rotatable bonds is 3. The summed E-state index contributed by atoms with van der Waals surface area (Å²) < 4.78 is 38.5. The van der Waals surface area contributed by atoms with Crippen molar-refractivity contribution < 1.29 is 22.8 Å². The Morgan fingerprint density at radius 3 is 2.48 bits per heavy atom. The molecule has 0 saturated carbocycles. The summed E-state index contributed by atoms with van der Waals surface area (Å²) in [4.78, 5) is 27.1. The van der Waals surface area contributed by atoms with E-state index < -0.39 is 17.6 Å². The SMILES string of the molecule is O=C(NC1CCN(C(=O)c2cccs2)CC1)c1cc(C(F)(F)F)ccc1Cl. The molecule has 1 fully saturated rings. The number of likely N-dealkylation sites (tertiary alicyclic amines) is 1. The first-order valence-electron chi connectivity index (χ1n) is 8.26. The number of amides is 2. The normalized spacial score (nSPS) is 15.6. The third-order valence-corrected chi connectivity index (χ3v) is 5.58. The molecule has 2 amide bonds. The Morgan fingerprint density at radius 1 is 1.19 bits per heavy atom. The molecule has 1 N–H and O–H groups in total. The third-order valence-electron chi connectivity index (χ3n) is 4.39. The van der Waals surface area contributed by atoms with Crippen LogP contribution in [0.1, 0.15) is 38.4 Å². The van der Waals surface area contributed by atoms with Gasteiger partial charge in [-0.05, 0) is 42.5 Å². The molecule has 2 heterocycles. The number of nitrogens with zero attached hydrogens (tertiary/aromatic N) is 1. The molecular weight excluding hydrogens is 401 g/mol. The van der Waals surface area contributed by atoms with Gasteiger partial charge in [0.1, 0.15) is 0 Å². The van der Waals surface area contributed by atoms with E-state index in [1.165, 1.54) is 11.3 Å². The smallest absolute Gasteiger partial charge is 0.349 e. The maximum Gasteiger partial charge on any atom is 0.416 e. The highest BCUT2D eigenvalue weighted by atomic mass is 35.5. The Hall–Kier alpha value is -2.06. The number of nitrogens with one attached hydrogen (secondary N) is 1. The number of carbonyl (C=O) groups excluding carboxylic acids is 2. The molecule has 2 aromatic rings. The van der Waals surface area contributed by atoms with Gasteiger partial charge in [0.05, 0.1) is 21.0 Å². The summed E-state index contributed by atoms with van der Waals surface area (Å²) in [6, 6.07) is 6.01. The summed E-state index contributed by atoms with van der Waals surface area (Å²) in [6.45, 7) is 0.940. The second-order valence-corrected chi connectivity index (χ2v) is 7.56. The first-order valence-corrected chi connectivity index (χ1v) is 9.52. The fraction of sp³-hybridized carbons (Fsp3) is 0.333. The first-order chi connectivity index (χ1) is 12.8.